The number of hydrogen-bond donors (Lipinski definition) is 2. The van der Waals surface area contributed by atoms with Crippen molar-refractivity contribution in [2.24, 2.45) is 0 Å². The monoisotopic (exact) mass is 565 g/mol. The Balaban J connectivity index is 1.81. The number of esters is 1. The highest BCUT2D eigenvalue weighted by Gasteiger charge is 2.34. The van der Waals surface area contributed by atoms with Gasteiger partial charge < -0.3 is 19.5 Å². The fourth-order valence-corrected chi connectivity index (χ4v) is 4.72. The topological polar surface area (TPSA) is 125 Å². The summed E-state index contributed by atoms with van der Waals surface area (Å²) in [6.07, 6.45) is 0.613. The number of carbonyl (C=O) groups excluding carboxylic acids is 2. The molecule has 2 N–H and O–H groups in total. The Morgan fingerprint density at radius 3 is 2.64 bits per heavy atom. The van der Waals surface area contributed by atoms with Crippen molar-refractivity contribution < 1.29 is 37.0 Å². The van der Waals surface area contributed by atoms with Crippen LogP contribution in [0.25, 0.3) is 21.7 Å². The number of anilines is 1. The van der Waals surface area contributed by atoms with E-state index in [-0.39, 0.29) is 51.7 Å². The van der Waals surface area contributed by atoms with Crippen LogP contribution in [0.2, 0.25) is 0 Å². The Morgan fingerprint density at radius 2 is 1.97 bits per heavy atom. The molecule has 1 unspecified atom stereocenters. The highest BCUT2D eigenvalue weighted by molar-refractivity contribution is 7.13. The standard InChI is InChI=1S/C25H26F3N5O5S/c1-3-29-24(35)33-20-9-17(22-32-19(13-39-22)25(26,27)28)18(11-30-20)16-8-14(23(34)36-2)10-31-21(16)38-12-15-6-4-5-7-37-15/h8-11,13,15H,3-7,12H2,1-2H3,(H2,29,30,33,35). The number of thiazole rings is 1. The average molecular weight is 566 g/mol. The molecule has 10 nitrogen and oxygen atoms in total. The first-order chi connectivity index (χ1) is 18.7. The summed E-state index contributed by atoms with van der Waals surface area (Å²) < 4.78 is 56.6. The number of nitrogens with one attached hydrogen (secondary N) is 2. The summed E-state index contributed by atoms with van der Waals surface area (Å²) in [7, 11) is 1.22. The Bertz CT molecular complexity index is 1330. The predicted molar refractivity (Wildman–Crippen MR) is 137 cm³/mol. The normalized spacial score (nSPS) is 15.5. The molecule has 0 aliphatic carbocycles. The summed E-state index contributed by atoms with van der Waals surface area (Å²) in [6, 6.07) is 2.33. The van der Waals surface area contributed by atoms with Gasteiger partial charge in [-0.25, -0.2) is 24.5 Å². The fourth-order valence-electron chi connectivity index (χ4n) is 3.86. The van der Waals surface area contributed by atoms with Crippen molar-refractivity contribution in [3.63, 3.8) is 0 Å². The number of ether oxygens (including phenoxy) is 3. The molecule has 0 bridgehead atoms. The maximum Gasteiger partial charge on any atom is 0.434 e. The summed E-state index contributed by atoms with van der Waals surface area (Å²) >= 11 is 0.773. The van der Waals surface area contributed by atoms with Crippen LogP contribution in [0.15, 0.2) is 29.9 Å². The van der Waals surface area contributed by atoms with E-state index in [4.69, 9.17) is 14.2 Å². The van der Waals surface area contributed by atoms with E-state index >= 15 is 0 Å². The molecule has 4 rings (SSSR count). The summed E-state index contributed by atoms with van der Waals surface area (Å²) in [6.45, 7) is 2.90. The van der Waals surface area contributed by atoms with Crippen LogP contribution in [0, 0.1) is 0 Å². The predicted octanol–water partition coefficient (Wildman–Crippen LogP) is 5.16. The van der Waals surface area contributed by atoms with Crippen LogP contribution in [0.5, 0.6) is 5.88 Å². The third-order valence-electron chi connectivity index (χ3n) is 5.75. The lowest BCUT2D eigenvalue weighted by Gasteiger charge is -2.23. The lowest BCUT2D eigenvalue weighted by molar-refractivity contribution is -0.140. The maximum absolute atomic E-state index is 13.4. The minimum atomic E-state index is -4.65. The molecule has 4 heterocycles. The molecule has 14 heteroatoms. The molecule has 0 saturated carbocycles. The summed E-state index contributed by atoms with van der Waals surface area (Å²) in [5.74, 6) is -0.459. The third-order valence-corrected chi connectivity index (χ3v) is 6.63. The molecule has 1 aliphatic rings. The molecule has 1 saturated heterocycles. The van der Waals surface area contributed by atoms with Gasteiger partial charge in [-0.3, -0.25) is 5.32 Å². The number of nitrogens with zero attached hydrogens (tertiary/aromatic N) is 3. The number of halogens is 3. The molecule has 0 radical (unpaired) electrons. The van der Waals surface area contributed by atoms with Crippen molar-refractivity contribution in [2.45, 2.75) is 38.5 Å². The van der Waals surface area contributed by atoms with E-state index in [0.29, 0.717) is 13.2 Å². The van der Waals surface area contributed by atoms with Crippen molar-refractivity contribution in [1.82, 2.24) is 20.3 Å². The molecule has 39 heavy (non-hydrogen) atoms. The zero-order valence-corrected chi connectivity index (χ0v) is 21.9. The van der Waals surface area contributed by atoms with Crippen LogP contribution in [0.1, 0.15) is 42.2 Å². The number of rotatable bonds is 8. The number of urea groups is 1. The van der Waals surface area contributed by atoms with Gasteiger partial charge in [-0.2, -0.15) is 13.2 Å². The smallest absolute Gasteiger partial charge is 0.434 e. The number of methoxy groups -OCH3 is 1. The zero-order chi connectivity index (χ0) is 28.0. The van der Waals surface area contributed by atoms with E-state index in [1.807, 2.05) is 0 Å². The maximum atomic E-state index is 13.4. The first-order valence-corrected chi connectivity index (χ1v) is 13.0. The van der Waals surface area contributed by atoms with Gasteiger partial charge >= 0.3 is 18.2 Å². The van der Waals surface area contributed by atoms with Gasteiger partial charge in [0.1, 0.15) is 17.4 Å². The summed E-state index contributed by atoms with van der Waals surface area (Å²) in [5.41, 5.74) is -0.169. The number of alkyl halides is 3. The molecule has 3 aromatic heterocycles. The minimum Gasteiger partial charge on any atom is -0.474 e. The molecule has 1 aliphatic heterocycles. The largest absolute Gasteiger partial charge is 0.474 e. The second-order valence-electron chi connectivity index (χ2n) is 8.50. The molecule has 0 aromatic carbocycles. The number of pyridine rings is 2. The van der Waals surface area contributed by atoms with E-state index in [0.717, 1.165) is 36.0 Å². The second kappa shape index (κ2) is 12.4. The van der Waals surface area contributed by atoms with Crippen molar-refractivity contribution >= 4 is 29.2 Å². The van der Waals surface area contributed by atoms with Crippen LogP contribution in [-0.4, -0.2) is 59.9 Å². The van der Waals surface area contributed by atoms with E-state index < -0.39 is 23.9 Å². The second-order valence-corrected chi connectivity index (χ2v) is 9.36. The van der Waals surface area contributed by atoms with E-state index in [1.165, 1.54) is 31.6 Å². The number of hydrogen-bond acceptors (Lipinski definition) is 9. The van der Waals surface area contributed by atoms with Gasteiger partial charge in [0, 0.05) is 47.6 Å². The SMILES string of the molecule is CCNC(=O)Nc1cc(-c2nc(C(F)(F)F)cs2)c(-c2cc(C(=O)OC)cnc2OCC2CCCCO2)cn1. The zero-order valence-electron chi connectivity index (χ0n) is 21.1. The summed E-state index contributed by atoms with van der Waals surface area (Å²) in [4.78, 5) is 36.7. The van der Waals surface area contributed by atoms with Gasteiger partial charge in [-0.15, -0.1) is 11.3 Å². The molecule has 3 aromatic rings. The van der Waals surface area contributed by atoms with Gasteiger partial charge in [-0.1, -0.05) is 0 Å². The van der Waals surface area contributed by atoms with Crippen LogP contribution in [0.3, 0.4) is 0 Å². The fraction of sp³-hybridized carbons (Fsp3) is 0.400. The van der Waals surface area contributed by atoms with Crippen molar-refractivity contribution in [3.05, 3.63) is 41.2 Å². The van der Waals surface area contributed by atoms with Crippen molar-refractivity contribution in [2.75, 3.05) is 32.2 Å². The Kier molecular flexibility index (Phi) is 8.97. The molecule has 0 spiro atoms. The Hall–Kier alpha value is -3.78. The van der Waals surface area contributed by atoms with Gasteiger partial charge in [0.05, 0.1) is 18.8 Å². The molecule has 2 amide bonds. The van der Waals surface area contributed by atoms with Gasteiger partial charge in [-0.05, 0) is 38.3 Å². The minimum absolute atomic E-state index is 0.0173. The number of amides is 2. The Morgan fingerprint density at radius 1 is 1.15 bits per heavy atom. The van der Waals surface area contributed by atoms with E-state index in [2.05, 4.69) is 25.6 Å². The quantitative estimate of drug-likeness (QED) is 0.359. The lowest BCUT2D eigenvalue weighted by Crippen LogP contribution is -2.28. The molecule has 208 valence electrons. The van der Waals surface area contributed by atoms with Crippen LogP contribution in [-0.2, 0) is 15.7 Å². The first kappa shape index (κ1) is 28.2. The highest BCUT2D eigenvalue weighted by Crippen LogP contribution is 2.41. The molecular formula is C25H26F3N5O5S. The van der Waals surface area contributed by atoms with E-state index in [9.17, 15) is 22.8 Å². The number of aromatic nitrogens is 3. The van der Waals surface area contributed by atoms with Crippen LogP contribution >= 0.6 is 11.3 Å². The first-order valence-electron chi connectivity index (χ1n) is 12.1. The van der Waals surface area contributed by atoms with Crippen LogP contribution < -0.4 is 15.4 Å². The van der Waals surface area contributed by atoms with Crippen LogP contribution in [0.4, 0.5) is 23.8 Å². The number of carbonyl (C=O) groups is 2. The van der Waals surface area contributed by atoms with Gasteiger partial charge in [0.25, 0.3) is 0 Å². The Labute approximate surface area is 225 Å². The van der Waals surface area contributed by atoms with Crippen molar-refractivity contribution in [1.29, 1.82) is 0 Å². The average Bonchev–Trinajstić information content (AvgIpc) is 3.43. The lowest BCUT2D eigenvalue weighted by atomic mass is 10.0. The summed E-state index contributed by atoms with van der Waals surface area (Å²) in [5, 5.41) is 6.03. The molecule has 1 fully saturated rings. The molecule has 1 atom stereocenters. The van der Waals surface area contributed by atoms with Gasteiger partial charge in [0.15, 0.2) is 5.69 Å². The van der Waals surface area contributed by atoms with Gasteiger partial charge in [0.2, 0.25) is 5.88 Å². The highest BCUT2D eigenvalue weighted by atomic mass is 32.1. The molecular weight excluding hydrogens is 539 g/mol. The van der Waals surface area contributed by atoms with Crippen molar-refractivity contribution in [3.8, 4) is 27.6 Å². The van der Waals surface area contributed by atoms with E-state index in [1.54, 1.807) is 6.92 Å². The third kappa shape index (κ3) is 7.00.